The smallest absolute Gasteiger partial charge is 0.336 e. The molecule has 1 unspecified atom stereocenters. The fourth-order valence-electron chi connectivity index (χ4n) is 3.44. The second kappa shape index (κ2) is 8.76. The third kappa shape index (κ3) is 4.47. The molecule has 0 aliphatic carbocycles. The first-order valence-corrected chi connectivity index (χ1v) is 9.78. The van der Waals surface area contributed by atoms with Crippen LogP contribution in [0.5, 0.6) is 0 Å². The number of hydrogen-bond donors (Lipinski definition) is 2. The molecule has 2 N–H and O–H groups in total. The Kier molecular flexibility index (Phi) is 5.72. The molecule has 0 aliphatic rings. The topological polar surface area (TPSA) is 71.3 Å². The molecule has 0 saturated carbocycles. The van der Waals surface area contributed by atoms with Crippen LogP contribution in [0.25, 0.3) is 11.0 Å². The number of fused-ring (bicyclic) bond motifs is 1. The number of rotatable bonds is 6. The van der Waals surface area contributed by atoms with Crippen LogP contribution < -0.4 is 16.3 Å². The van der Waals surface area contributed by atoms with Gasteiger partial charge in [-0.25, -0.2) is 4.79 Å². The van der Waals surface area contributed by atoms with E-state index in [2.05, 4.69) is 10.6 Å². The number of carbonyl (C=O) groups is 1. The molecule has 1 amide bonds. The Bertz CT molecular complexity index is 1220. The van der Waals surface area contributed by atoms with Crippen LogP contribution in [-0.2, 0) is 11.3 Å². The molecule has 1 aromatic heterocycles. The lowest BCUT2D eigenvalue weighted by Gasteiger charge is -2.19. The number of para-hydroxylation sites is 1. The molecule has 0 radical (unpaired) electrons. The maximum Gasteiger partial charge on any atom is 0.336 e. The third-order valence-electron chi connectivity index (χ3n) is 4.92. The van der Waals surface area contributed by atoms with Crippen LogP contribution in [0, 0.1) is 6.92 Å². The number of nitrogens with one attached hydrogen (secondary N) is 2. The van der Waals surface area contributed by atoms with E-state index in [4.69, 9.17) is 4.42 Å². The molecule has 0 spiro atoms. The lowest BCUT2D eigenvalue weighted by molar-refractivity contribution is -0.118. The summed E-state index contributed by atoms with van der Waals surface area (Å²) < 4.78 is 5.34. The zero-order valence-corrected chi connectivity index (χ0v) is 16.6. The van der Waals surface area contributed by atoms with Crippen molar-refractivity contribution in [1.29, 1.82) is 0 Å². The zero-order valence-electron chi connectivity index (χ0n) is 16.6. The molecule has 4 rings (SSSR count). The van der Waals surface area contributed by atoms with E-state index >= 15 is 0 Å². The van der Waals surface area contributed by atoms with Gasteiger partial charge in [-0.15, -0.1) is 0 Å². The van der Waals surface area contributed by atoms with Gasteiger partial charge in [-0.1, -0.05) is 60.7 Å². The Morgan fingerprint density at radius 3 is 2.37 bits per heavy atom. The highest BCUT2D eigenvalue weighted by Gasteiger charge is 2.21. The third-order valence-corrected chi connectivity index (χ3v) is 4.92. The number of carbonyl (C=O) groups excluding carboxylic acids is 1. The van der Waals surface area contributed by atoms with Gasteiger partial charge in [0.25, 0.3) is 0 Å². The van der Waals surface area contributed by atoms with Gasteiger partial charge in [0.2, 0.25) is 5.91 Å². The van der Waals surface area contributed by atoms with Gasteiger partial charge < -0.3 is 9.73 Å². The van der Waals surface area contributed by atoms with E-state index in [0.717, 1.165) is 27.8 Å². The summed E-state index contributed by atoms with van der Waals surface area (Å²) in [6.45, 7) is 2.29. The molecule has 5 nitrogen and oxygen atoms in total. The van der Waals surface area contributed by atoms with Crippen LogP contribution in [0.15, 0.2) is 94.1 Å². The summed E-state index contributed by atoms with van der Waals surface area (Å²) in [7, 11) is 0. The van der Waals surface area contributed by atoms with Gasteiger partial charge in [0.15, 0.2) is 0 Å². The van der Waals surface area contributed by atoms with Gasteiger partial charge in [0.05, 0.1) is 0 Å². The van der Waals surface area contributed by atoms with Gasteiger partial charge in [-0.2, -0.15) is 0 Å². The van der Waals surface area contributed by atoms with Crippen molar-refractivity contribution in [3.63, 3.8) is 0 Å². The van der Waals surface area contributed by atoms with E-state index < -0.39 is 11.7 Å². The summed E-state index contributed by atoms with van der Waals surface area (Å²) in [5, 5.41) is 7.11. The van der Waals surface area contributed by atoms with Crippen LogP contribution in [0.1, 0.15) is 22.7 Å². The molecule has 4 aromatic rings. The van der Waals surface area contributed by atoms with Crippen LogP contribution in [-0.4, -0.2) is 5.91 Å². The van der Waals surface area contributed by atoms with E-state index in [9.17, 15) is 9.59 Å². The van der Waals surface area contributed by atoms with Crippen molar-refractivity contribution < 1.29 is 9.21 Å². The van der Waals surface area contributed by atoms with Crippen molar-refractivity contribution in [2.75, 3.05) is 5.32 Å². The van der Waals surface area contributed by atoms with Crippen molar-refractivity contribution in [2.45, 2.75) is 19.5 Å². The monoisotopic (exact) mass is 398 g/mol. The predicted molar refractivity (Wildman–Crippen MR) is 118 cm³/mol. The summed E-state index contributed by atoms with van der Waals surface area (Å²) in [5.74, 6) is -0.171. The summed E-state index contributed by atoms with van der Waals surface area (Å²) in [4.78, 5) is 25.1. The zero-order chi connectivity index (χ0) is 20.9. The summed E-state index contributed by atoms with van der Waals surface area (Å²) in [5.41, 5.74) is 3.51. The van der Waals surface area contributed by atoms with E-state index in [1.165, 1.54) is 6.07 Å². The summed E-state index contributed by atoms with van der Waals surface area (Å²) >= 11 is 0. The number of amides is 1. The van der Waals surface area contributed by atoms with Gasteiger partial charge in [-0.05, 0) is 41.8 Å². The normalized spacial score (nSPS) is 11.9. The van der Waals surface area contributed by atoms with Gasteiger partial charge in [0, 0.05) is 23.7 Å². The predicted octanol–water partition coefficient (Wildman–Crippen LogP) is 4.57. The second-order valence-corrected chi connectivity index (χ2v) is 7.17. The minimum atomic E-state index is -0.584. The Hall–Kier alpha value is -3.70. The van der Waals surface area contributed by atoms with Gasteiger partial charge in [-0.3, -0.25) is 10.1 Å². The number of hydrogen-bond acceptors (Lipinski definition) is 4. The number of aryl methyl sites for hydroxylation is 1. The van der Waals surface area contributed by atoms with Crippen LogP contribution in [0.4, 0.5) is 5.69 Å². The fraction of sp³-hybridized carbons (Fsp3) is 0.120. The van der Waals surface area contributed by atoms with Crippen LogP contribution >= 0.6 is 0 Å². The van der Waals surface area contributed by atoms with Gasteiger partial charge in [0.1, 0.15) is 11.6 Å². The molecule has 1 atom stereocenters. The Balaban J connectivity index is 1.62. The van der Waals surface area contributed by atoms with E-state index in [1.807, 2.05) is 85.8 Å². The van der Waals surface area contributed by atoms with Crippen molar-refractivity contribution in [1.82, 2.24) is 5.32 Å². The lowest BCUT2D eigenvalue weighted by Crippen LogP contribution is -2.33. The van der Waals surface area contributed by atoms with Crippen LogP contribution in [0.3, 0.4) is 0 Å². The van der Waals surface area contributed by atoms with Crippen molar-refractivity contribution in [3.05, 3.63) is 112 Å². The quantitative estimate of drug-likeness (QED) is 0.467. The molecule has 0 bridgehead atoms. The Labute approximate surface area is 174 Å². The lowest BCUT2D eigenvalue weighted by atomic mass is 10.0. The highest BCUT2D eigenvalue weighted by molar-refractivity contribution is 5.95. The van der Waals surface area contributed by atoms with E-state index in [-0.39, 0.29) is 5.91 Å². The average Bonchev–Trinajstić information content (AvgIpc) is 2.75. The highest BCUT2D eigenvalue weighted by Crippen LogP contribution is 2.21. The summed E-state index contributed by atoms with van der Waals surface area (Å²) in [6, 6.07) is 25.5. The first-order valence-electron chi connectivity index (χ1n) is 9.78. The minimum absolute atomic E-state index is 0.171. The molecule has 0 aliphatic heterocycles. The molecule has 1 heterocycles. The second-order valence-electron chi connectivity index (χ2n) is 7.17. The van der Waals surface area contributed by atoms with E-state index in [0.29, 0.717) is 12.1 Å². The first kappa shape index (κ1) is 19.6. The maximum absolute atomic E-state index is 13.1. The highest BCUT2D eigenvalue weighted by atomic mass is 16.4. The molecule has 0 fully saturated rings. The van der Waals surface area contributed by atoms with E-state index in [1.54, 1.807) is 0 Å². The first-order chi connectivity index (χ1) is 14.6. The average molecular weight is 398 g/mol. The largest absolute Gasteiger partial charge is 0.423 e. The Morgan fingerprint density at radius 2 is 1.63 bits per heavy atom. The fourth-order valence-corrected chi connectivity index (χ4v) is 3.44. The maximum atomic E-state index is 13.1. The number of benzene rings is 3. The van der Waals surface area contributed by atoms with Crippen LogP contribution in [0.2, 0.25) is 0 Å². The molecule has 5 heteroatoms. The van der Waals surface area contributed by atoms with Crippen molar-refractivity contribution in [2.24, 2.45) is 0 Å². The SMILES string of the molecule is Cc1ccc2c(CNC(C(=O)Nc3ccccc3)c3ccccc3)cc(=O)oc2c1. The van der Waals surface area contributed by atoms with Gasteiger partial charge >= 0.3 is 5.63 Å². The van der Waals surface area contributed by atoms with Crippen molar-refractivity contribution >= 4 is 22.6 Å². The number of anilines is 1. The Morgan fingerprint density at radius 1 is 0.933 bits per heavy atom. The molecular formula is C25H22N2O3. The minimum Gasteiger partial charge on any atom is -0.423 e. The van der Waals surface area contributed by atoms with Crippen molar-refractivity contribution in [3.8, 4) is 0 Å². The molecular weight excluding hydrogens is 376 g/mol. The molecule has 150 valence electrons. The molecule has 30 heavy (non-hydrogen) atoms. The standard InChI is InChI=1S/C25H22N2O3/c1-17-12-13-21-19(15-23(28)30-22(21)14-17)16-26-24(18-8-4-2-5-9-18)25(29)27-20-10-6-3-7-11-20/h2-15,24,26H,16H2,1H3,(H,27,29). The summed E-state index contributed by atoms with van der Waals surface area (Å²) in [6.07, 6.45) is 0. The molecule has 3 aromatic carbocycles. The molecule has 0 saturated heterocycles.